The second-order valence-electron chi connectivity index (χ2n) is 11.0. The Morgan fingerprint density at radius 2 is 0.929 bits per heavy atom. The molecule has 196 valence electrons. The SMILES string of the molecule is c1ccc(-c2cc(-c3ccccc3)cc(-n3c4ccccc4c4cc5c(cc43)oc3cc4ccccc4cc35)c2)cc1. The lowest BCUT2D eigenvalue weighted by atomic mass is 9.98. The van der Waals surface area contributed by atoms with Gasteiger partial charge in [-0.25, -0.2) is 0 Å². The van der Waals surface area contributed by atoms with E-state index in [9.17, 15) is 0 Å². The molecule has 0 atom stereocenters. The fraction of sp³-hybridized carbons (Fsp3) is 0. The summed E-state index contributed by atoms with van der Waals surface area (Å²) in [6.45, 7) is 0. The van der Waals surface area contributed by atoms with Crippen molar-refractivity contribution in [1.82, 2.24) is 4.57 Å². The van der Waals surface area contributed by atoms with E-state index in [4.69, 9.17) is 4.42 Å². The maximum absolute atomic E-state index is 6.53. The first-order valence-corrected chi connectivity index (χ1v) is 14.3. The van der Waals surface area contributed by atoms with Crippen molar-refractivity contribution in [3.05, 3.63) is 152 Å². The van der Waals surface area contributed by atoms with Crippen LogP contribution in [0.4, 0.5) is 0 Å². The highest BCUT2D eigenvalue weighted by Crippen LogP contribution is 2.40. The molecule has 0 N–H and O–H groups in total. The molecule has 0 saturated heterocycles. The molecule has 9 rings (SSSR count). The fourth-order valence-electron chi connectivity index (χ4n) is 6.54. The molecule has 2 aromatic heterocycles. The van der Waals surface area contributed by atoms with E-state index in [1.54, 1.807) is 0 Å². The van der Waals surface area contributed by atoms with E-state index in [0.29, 0.717) is 0 Å². The normalized spacial score (nSPS) is 11.8. The second-order valence-corrected chi connectivity index (χ2v) is 11.0. The zero-order valence-electron chi connectivity index (χ0n) is 22.8. The van der Waals surface area contributed by atoms with Gasteiger partial charge < -0.3 is 8.98 Å². The highest BCUT2D eigenvalue weighted by molar-refractivity contribution is 6.18. The first-order valence-electron chi connectivity index (χ1n) is 14.3. The van der Waals surface area contributed by atoms with Crippen molar-refractivity contribution in [3.8, 4) is 27.9 Å². The first-order chi connectivity index (χ1) is 20.8. The molecule has 0 aliphatic carbocycles. The number of aromatic nitrogens is 1. The van der Waals surface area contributed by atoms with Crippen LogP contribution >= 0.6 is 0 Å². The Balaban J connectivity index is 1.37. The Labute approximate surface area is 242 Å². The van der Waals surface area contributed by atoms with Gasteiger partial charge in [-0.3, -0.25) is 0 Å². The molecule has 0 saturated carbocycles. The Bertz CT molecular complexity index is 2390. The van der Waals surface area contributed by atoms with Crippen LogP contribution in [0.3, 0.4) is 0 Å². The molecule has 0 bridgehead atoms. The average molecular weight is 536 g/mol. The summed E-state index contributed by atoms with van der Waals surface area (Å²) in [5.41, 5.74) is 10.0. The van der Waals surface area contributed by atoms with E-state index in [2.05, 4.69) is 156 Å². The Kier molecular flexibility index (Phi) is 4.93. The summed E-state index contributed by atoms with van der Waals surface area (Å²) in [6.07, 6.45) is 0. The fourth-order valence-corrected chi connectivity index (χ4v) is 6.54. The van der Waals surface area contributed by atoms with Crippen molar-refractivity contribution in [2.24, 2.45) is 0 Å². The minimum atomic E-state index is 0.902. The van der Waals surface area contributed by atoms with Crippen LogP contribution < -0.4 is 0 Å². The third-order valence-corrected chi connectivity index (χ3v) is 8.52. The van der Waals surface area contributed by atoms with Gasteiger partial charge in [0.15, 0.2) is 0 Å². The summed E-state index contributed by atoms with van der Waals surface area (Å²) in [7, 11) is 0. The van der Waals surface area contributed by atoms with Crippen molar-refractivity contribution >= 4 is 54.5 Å². The van der Waals surface area contributed by atoms with Crippen LogP contribution in [0, 0.1) is 0 Å². The first kappa shape index (κ1) is 23.1. The molecule has 9 aromatic rings. The molecule has 2 nitrogen and oxygen atoms in total. The second kappa shape index (κ2) is 8.95. The predicted molar refractivity (Wildman–Crippen MR) is 176 cm³/mol. The van der Waals surface area contributed by atoms with Crippen molar-refractivity contribution in [2.75, 3.05) is 0 Å². The Morgan fingerprint density at radius 3 is 1.64 bits per heavy atom. The molecule has 0 aliphatic rings. The Hall–Kier alpha value is -5.60. The molecule has 2 heterocycles. The van der Waals surface area contributed by atoms with Crippen LogP contribution in [0.1, 0.15) is 0 Å². The van der Waals surface area contributed by atoms with Crippen LogP contribution in [-0.2, 0) is 0 Å². The highest BCUT2D eigenvalue weighted by Gasteiger charge is 2.18. The van der Waals surface area contributed by atoms with Crippen LogP contribution in [0.5, 0.6) is 0 Å². The van der Waals surface area contributed by atoms with Gasteiger partial charge in [-0.1, -0.05) is 103 Å². The molecule has 0 fully saturated rings. The van der Waals surface area contributed by atoms with Crippen LogP contribution in [-0.4, -0.2) is 4.57 Å². The van der Waals surface area contributed by atoms with Gasteiger partial charge >= 0.3 is 0 Å². The van der Waals surface area contributed by atoms with Crippen LogP contribution in [0.15, 0.2) is 156 Å². The number of rotatable bonds is 3. The molecule has 7 aromatic carbocycles. The van der Waals surface area contributed by atoms with E-state index >= 15 is 0 Å². The van der Waals surface area contributed by atoms with Gasteiger partial charge in [0, 0.05) is 33.3 Å². The topological polar surface area (TPSA) is 18.1 Å². The van der Waals surface area contributed by atoms with Crippen LogP contribution in [0.25, 0.3) is 82.5 Å². The van der Waals surface area contributed by atoms with Gasteiger partial charge in [-0.05, 0) is 75.5 Å². The van der Waals surface area contributed by atoms with Gasteiger partial charge in [0.25, 0.3) is 0 Å². The summed E-state index contributed by atoms with van der Waals surface area (Å²) >= 11 is 0. The van der Waals surface area contributed by atoms with Gasteiger partial charge in [-0.15, -0.1) is 0 Å². The lowest BCUT2D eigenvalue weighted by Crippen LogP contribution is -1.96. The van der Waals surface area contributed by atoms with Crippen molar-refractivity contribution in [1.29, 1.82) is 0 Å². The van der Waals surface area contributed by atoms with E-state index in [1.807, 2.05) is 0 Å². The van der Waals surface area contributed by atoms with Crippen molar-refractivity contribution in [3.63, 3.8) is 0 Å². The monoisotopic (exact) mass is 535 g/mol. The number of benzene rings is 7. The summed E-state index contributed by atoms with van der Waals surface area (Å²) in [5, 5.41) is 7.17. The molecule has 2 heteroatoms. The number of furan rings is 1. The van der Waals surface area contributed by atoms with Gasteiger partial charge in [0.05, 0.1) is 11.0 Å². The van der Waals surface area contributed by atoms with Gasteiger partial charge in [0.1, 0.15) is 11.2 Å². The maximum atomic E-state index is 6.53. The number of hydrogen-bond donors (Lipinski definition) is 0. The molecule has 42 heavy (non-hydrogen) atoms. The van der Waals surface area contributed by atoms with Crippen LogP contribution in [0.2, 0.25) is 0 Å². The minimum absolute atomic E-state index is 0.902. The molecule has 0 unspecified atom stereocenters. The number of para-hydroxylation sites is 1. The van der Waals surface area contributed by atoms with Crippen molar-refractivity contribution < 1.29 is 4.42 Å². The third-order valence-electron chi connectivity index (χ3n) is 8.52. The number of fused-ring (bicyclic) bond motifs is 7. The third kappa shape index (κ3) is 3.52. The lowest BCUT2D eigenvalue weighted by Gasteiger charge is -2.14. The summed E-state index contributed by atoms with van der Waals surface area (Å²) in [4.78, 5) is 0. The summed E-state index contributed by atoms with van der Waals surface area (Å²) in [5.74, 6) is 0. The minimum Gasteiger partial charge on any atom is -0.456 e. The molecule has 0 radical (unpaired) electrons. The molecule has 0 aliphatic heterocycles. The predicted octanol–water partition coefficient (Wildman–Crippen LogP) is 11.2. The molecular weight excluding hydrogens is 510 g/mol. The Morgan fingerprint density at radius 1 is 0.357 bits per heavy atom. The standard InChI is InChI=1S/C40H25NO/c1-3-11-26(12-4-1)30-19-31(27-13-5-2-6-14-27)21-32(20-30)41-37-18-10-9-17-33(37)34-24-36-35-22-28-15-7-8-16-29(28)23-39(35)42-40(36)25-38(34)41/h1-25H. The van der Waals surface area contributed by atoms with Gasteiger partial charge in [0.2, 0.25) is 0 Å². The zero-order chi connectivity index (χ0) is 27.6. The number of nitrogens with zero attached hydrogens (tertiary/aromatic N) is 1. The zero-order valence-corrected chi connectivity index (χ0v) is 22.8. The van der Waals surface area contributed by atoms with E-state index in [1.165, 1.54) is 49.3 Å². The molecule has 0 amide bonds. The highest BCUT2D eigenvalue weighted by atomic mass is 16.3. The smallest absolute Gasteiger partial charge is 0.137 e. The largest absolute Gasteiger partial charge is 0.456 e. The number of hydrogen-bond acceptors (Lipinski definition) is 1. The average Bonchev–Trinajstić information content (AvgIpc) is 3.57. The van der Waals surface area contributed by atoms with E-state index in [-0.39, 0.29) is 0 Å². The summed E-state index contributed by atoms with van der Waals surface area (Å²) < 4.78 is 8.92. The lowest BCUT2D eigenvalue weighted by molar-refractivity contribution is 0.670. The molecular formula is C40H25NO. The van der Waals surface area contributed by atoms with Crippen molar-refractivity contribution in [2.45, 2.75) is 0 Å². The molecule has 0 spiro atoms. The van der Waals surface area contributed by atoms with E-state index < -0.39 is 0 Å². The maximum Gasteiger partial charge on any atom is 0.137 e. The van der Waals surface area contributed by atoms with Gasteiger partial charge in [-0.2, -0.15) is 0 Å². The summed E-state index contributed by atoms with van der Waals surface area (Å²) in [6, 6.07) is 54.4. The quantitative estimate of drug-likeness (QED) is 0.220. The van der Waals surface area contributed by atoms with E-state index in [0.717, 1.165) is 33.1 Å².